The fourth-order valence-electron chi connectivity index (χ4n) is 2.25. The lowest BCUT2D eigenvalue weighted by molar-refractivity contribution is 0.372. The molecule has 21 heavy (non-hydrogen) atoms. The van der Waals surface area contributed by atoms with Gasteiger partial charge in [-0.25, -0.2) is 0 Å². The van der Waals surface area contributed by atoms with Crippen LogP contribution in [0.1, 0.15) is 24.3 Å². The number of nitrogen functional groups attached to an aromatic ring is 1. The molecule has 3 rings (SSSR count). The van der Waals surface area contributed by atoms with Crippen molar-refractivity contribution in [1.29, 1.82) is 0 Å². The third kappa shape index (κ3) is 3.11. The van der Waals surface area contributed by atoms with E-state index in [2.05, 4.69) is 17.1 Å². The van der Waals surface area contributed by atoms with Crippen LogP contribution in [-0.4, -0.2) is 10.1 Å². The molecular formula is C17H17N3O. The molecule has 1 aromatic heterocycles. The molecule has 1 atom stereocenters. The van der Waals surface area contributed by atoms with Gasteiger partial charge in [-0.2, -0.15) is 4.98 Å². The number of benzene rings is 2. The van der Waals surface area contributed by atoms with Gasteiger partial charge in [-0.1, -0.05) is 54.5 Å². The first-order chi connectivity index (χ1) is 10.2. The number of rotatable bonds is 4. The molecule has 0 aliphatic heterocycles. The van der Waals surface area contributed by atoms with Gasteiger partial charge in [-0.15, -0.1) is 0 Å². The molecule has 1 heterocycles. The zero-order valence-electron chi connectivity index (χ0n) is 11.9. The van der Waals surface area contributed by atoms with E-state index in [9.17, 15) is 0 Å². The zero-order chi connectivity index (χ0) is 14.7. The van der Waals surface area contributed by atoms with Crippen LogP contribution in [0.15, 0.2) is 59.1 Å². The molecule has 4 nitrogen and oxygen atoms in total. The van der Waals surface area contributed by atoms with Gasteiger partial charge in [0.05, 0.1) is 0 Å². The largest absolute Gasteiger partial charge is 0.399 e. The third-order valence-electron chi connectivity index (χ3n) is 3.49. The molecule has 0 spiro atoms. The second kappa shape index (κ2) is 5.79. The Morgan fingerprint density at radius 3 is 2.48 bits per heavy atom. The summed E-state index contributed by atoms with van der Waals surface area (Å²) in [5.41, 5.74) is 8.66. The van der Waals surface area contributed by atoms with Crippen LogP contribution in [0.3, 0.4) is 0 Å². The van der Waals surface area contributed by atoms with Crippen LogP contribution in [0, 0.1) is 0 Å². The summed E-state index contributed by atoms with van der Waals surface area (Å²) in [7, 11) is 0. The lowest BCUT2D eigenvalue weighted by Crippen LogP contribution is -1.99. The van der Waals surface area contributed by atoms with E-state index in [1.165, 1.54) is 5.56 Å². The molecule has 0 radical (unpaired) electrons. The van der Waals surface area contributed by atoms with Crippen molar-refractivity contribution < 1.29 is 4.52 Å². The Morgan fingerprint density at radius 2 is 1.76 bits per heavy atom. The summed E-state index contributed by atoms with van der Waals surface area (Å²) in [6.07, 6.45) is 0.712. The fraction of sp³-hybridized carbons (Fsp3) is 0.176. The first-order valence-corrected chi connectivity index (χ1v) is 6.96. The van der Waals surface area contributed by atoms with E-state index in [-0.39, 0.29) is 0 Å². The van der Waals surface area contributed by atoms with Crippen LogP contribution >= 0.6 is 0 Å². The van der Waals surface area contributed by atoms with Gasteiger partial charge in [-0.3, -0.25) is 0 Å². The van der Waals surface area contributed by atoms with Gasteiger partial charge in [-0.05, 0) is 23.6 Å². The molecule has 2 aromatic carbocycles. The van der Waals surface area contributed by atoms with Crippen molar-refractivity contribution in [3.8, 4) is 11.4 Å². The Hall–Kier alpha value is -2.62. The molecule has 0 bridgehead atoms. The van der Waals surface area contributed by atoms with E-state index in [0.717, 1.165) is 11.3 Å². The monoisotopic (exact) mass is 279 g/mol. The molecule has 0 fully saturated rings. The summed E-state index contributed by atoms with van der Waals surface area (Å²) in [5, 5.41) is 4.04. The average Bonchev–Trinajstić information content (AvgIpc) is 2.97. The van der Waals surface area contributed by atoms with Gasteiger partial charge >= 0.3 is 0 Å². The Kier molecular flexibility index (Phi) is 3.69. The fourth-order valence-corrected chi connectivity index (χ4v) is 2.25. The lowest BCUT2D eigenvalue weighted by Gasteiger charge is -2.09. The van der Waals surface area contributed by atoms with Crippen LogP contribution in [0.25, 0.3) is 11.4 Å². The first kappa shape index (κ1) is 13.4. The predicted molar refractivity (Wildman–Crippen MR) is 82.7 cm³/mol. The van der Waals surface area contributed by atoms with E-state index in [1.54, 1.807) is 0 Å². The summed E-state index contributed by atoms with van der Waals surface area (Å²) in [4.78, 5) is 4.46. The van der Waals surface area contributed by atoms with Crippen molar-refractivity contribution in [3.05, 3.63) is 66.1 Å². The quantitative estimate of drug-likeness (QED) is 0.740. The Balaban J connectivity index is 1.74. The highest BCUT2D eigenvalue weighted by molar-refractivity contribution is 5.53. The van der Waals surface area contributed by atoms with Gasteiger partial charge in [0.1, 0.15) is 0 Å². The van der Waals surface area contributed by atoms with Crippen molar-refractivity contribution >= 4 is 5.69 Å². The number of anilines is 1. The van der Waals surface area contributed by atoms with Gasteiger partial charge in [0.2, 0.25) is 11.7 Å². The van der Waals surface area contributed by atoms with Crippen LogP contribution in [0.5, 0.6) is 0 Å². The maximum Gasteiger partial charge on any atom is 0.227 e. The Bertz CT molecular complexity index is 704. The summed E-state index contributed by atoms with van der Waals surface area (Å²) in [6, 6.07) is 17.7. The van der Waals surface area contributed by atoms with Gasteiger partial charge < -0.3 is 10.3 Å². The highest BCUT2D eigenvalue weighted by atomic mass is 16.5. The molecule has 1 unspecified atom stereocenters. The standard InChI is InChI=1S/C17H17N3O/c1-12(13-7-9-15(18)10-8-13)11-16-19-17(20-21-16)14-5-3-2-4-6-14/h2-10,12H,11,18H2,1H3. The maximum absolute atomic E-state index is 5.71. The average molecular weight is 279 g/mol. The SMILES string of the molecule is CC(Cc1nc(-c2ccccc2)no1)c1ccc(N)cc1. The van der Waals surface area contributed by atoms with Crippen molar-refractivity contribution in [2.24, 2.45) is 0 Å². The topological polar surface area (TPSA) is 64.9 Å². The maximum atomic E-state index is 5.71. The molecular weight excluding hydrogens is 262 g/mol. The van der Waals surface area contributed by atoms with Crippen LogP contribution in [-0.2, 0) is 6.42 Å². The van der Waals surface area contributed by atoms with E-state index in [1.807, 2.05) is 54.6 Å². The minimum atomic E-state index is 0.301. The smallest absolute Gasteiger partial charge is 0.227 e. The predicted octanol–water partition coefficient (Wildman–Crippen LogP) is 3.67. The van der Waals surface area contributed by atoms with Crippen molar-refractivity contribution in [2.75, 3.05) is 5.73 Å². The van der Waals surface area contributed by atoms with Gasteiger partial charge in [0.15, 0.2) is 0 Å². The number of hydrogen-bond donors (Lipinski definition) is 1. The van der Waals surface area contributed by atoms with Crippen LogP contribution < -0.4 is 5.73 Å². The number of nitrogens with zero attached hydrogens (tertiary/aromatic N) is 2. The molecule has 4 heteroatoms. The number of hydrogen-bond acceptors (Lipinski definition) is 4. The van der Waals surface area contributed by atoms with Gasteiger partial charge in [0.25, 0.3) is 0 Å². The molecule has 0 saturated carbocycles. The zero-order valence-corrected chi connectivity index (χ0v) is 11.9. The van der Waals surface area contributed by atoms with Crippen molar-refractivity contribution in [2.45, 2.75) is 19.3 Å². The third-order valence-corrected chi connectivity index (χ3v) is 3.49. The molecule has 0 aliphatic rings. The van der Waals surface area contributed by atoms with E-state index < -0.39 is 0 Å². The van der Waals surface area contributed by atoms with E-state index in [4.69, 9.17) is 10.3 Å². The van der Waals surface area contributed by atoms with E-state index in [0.29, 0.717) is 24.1 Å². The van der Waals surface area contributed by atoms with Crippen molar-refractivity contribution in [3.63, 3.8) is 0 Å². The van der Waals surface area contributed by atoms with Crippen LogP contribution in [0.4, 0.5) is 5.69 Å². The molecule has 0 aliphatic carbocycles. The first-order valence-electron chi connectivity index (χ1n) is 6.96. The highest BCUT2D eigenvalue weighted by Crippen LogP contribution is 2.22. The van der Waals surface area contributed by atoms with Crippen molar-refractivity contribution in [1.82, 2.24) is 10.1 Å². The summed E-state index contributed by atoms with van der Waals surface area (Å²) in [6.45, 7) is 2.14. The van der Waals surface area contributed by atoms with Crippen LogP contribution in [0.2, 0.25) is 0 Å². The molecule has 0 amide bonds. The normalized spacial score (nSPS) is 12.2. The highest BCUT2D eigenvalue weighted by Gasteiger charge is 2.13. The lowest BCUT2D eigenvalue weighted by atomic mass is 9.98. The molecule has 0 saturated heterocycles. The molecule has 106 valence electrons. The van der Waals surface area contributed by atoms with E-state index >= 15 is 0 Å². The second-order valence-corrected chi connectivity index (χ2v) is 5.15. The Morgan fingerprint density at radius 1 is 1.05 bits per heavy atom. The minimum absolute atomic E-state index is 0.301. The Labute approximate surface area is 123 Å². The number of aromatic nitrogens is 2. The second-order valence-electron chi connectivity index (χ2n) is 5.15. The minimum Gasteiger partial charge on any atom is -0.399 e. The summed E-state index contributed by atoms with van der Waals surface area (Å²) in [5.74, 6) is 1.59. The molecule has 3 aromatic rings. The molecule has 2 N–H and O–H groups in total. The summed E-state index contributed by atoms with van der Waals surface area (Å²) >= 11 is 0. The number of nitrogens with two attached hydrogens (primary N) is 1. The van der Waals surface area contributed by atoms with Gasteiger partial charge in [0, 0.05) is 17.7 Å². The summed E-state index contributed by atoms with van der Waals surface area (Å²) < 4.78 is 5.35.